The van der Waals surface area contributed by atoms with Gasteiger partial charge in [-0.1, -0.05) is 64.0 Å². The third-order valence-electron chi connectivity index (χ3n) is 11.0. The van der Waals surface area contributed by atoms with Gasteiger partial charge in [0.1, 0.15) is 51.4 Å². The molecule has 1 aliphatic heterocycles. The fourth-order valence-corrected chi connectivity index (χ4v) is 9.03. The number of nitrogens with zero attached hydrogens (tertiary/aromatic N) is 3. The smallest absolute Gasteiger partial charge is 0.408 e. The van der Waals surface area contributed by atoms with E-state index in [9.17, 15) is 24.3 Å². The summed E-state index contributed by atoms with van der Waals surface area (Å²) in [7, 11) is 1.56. The molecule has 0 spiro atoms. The maximum absolute atomic E-state index is 14.7. The standard InChI is InChI=1S/C40H53ClN6O8S/c1-9-22-18-40(22,36(50)51)46-34(48)29-16-25(19-47(29)35(49)32(39(5,6)7)45-38(52)55-24-11-10-21(4)14-24)54-30-17-28(31-33(41)56-37(44-31)42-20(2)3)43-27-15-23(53-8)12-13-26(27)30/h12-13,15,17,20-22,24-25,29,32H,9-11,14,16,18-19H2,1-8H3,(H,42,44)(H,45,52)(H,46,48)(H,50,51)/t21?,22-,24-,25-,29+,32-,40-/m1/s1. The van der Waals surface area contributed by atoms with Gasteiger partial charge in [-0.05, 0) is 68.9 Å². The lowest BCUT2D eigenvalue weighted by Gasteiger charge is -2.35. The largest absolute Gasteiger partial charge is 0.497 e. The van der Waals surface area contributed by atoms with Crippen molar-refractivity contribution in [3.05, 3.63) is 28.6 Å². The second-order valence-electron chi connectivity index (χ2n) is 16.8. The highest BCUT2D eigenvalue weighted by Crippen LogP contribution is 2.46. The molecule has 56 heavy (non-hydrogen) atoms. The number of fused-ring (bicyclic) bond motifs is 1. The van der Waals surface area contributed by atoms with Crippen LogP contribution in [0.5, 0.6) is 11.5 Å². The number of carboxylic acid groups (broad SMARTS) is 1. The van der Waals surface area contributed by atoms with E-state index in [1.165, 1.54) is 16.2 Å². The van der Waals surface area contributed by atoms with Crippen molar-refractivity contribution in [2.45, 2.75) is 123 Å². The number of carboxylic acids is 1. The van der Waals surface area contributed by atoms with Crippen LogP contribution in [-0.2, 0) is 19.1 Å². The zero-order valence-electron chi connectivity index (χ0n) is 33.2. The molecule has 1 unspecified atom stereocenters. The van der Waals surface area contributed by atoms with Crippen LogP contribution >= 0.6 is 22.9 Å². The number of aromatic nitrogens is 2. The average Bonchev–Trinajstić information content (AvgIpc) is 3.36. The SMILES string of the molecule is CC[C@@H]1C[C@]1(NC(=O)[C@@H]1C[C@@H](Oc2cc(-c3nc(NC(C)C)sc3Cl)nc3cc(OC)ccc23)CN1C(=O)[C@@H](NC(=O)O[C@@H]1CCC(C)C1)C(C)(C)C)C(=O)O. The monoisotopic (exact) mass is 812 g/mol. The molecule has 0 bridgehead atoms. The lowest BCUT2D eigenvalue weighted by Crippen LogP contribution is -2.59. The van der Waals surface area contributed by atoms with Gasteiger partial charge < -0.3 is 40.2 Å². The molecule has 3 aromatic rings. The van der Waals surface area contributed by atoms with Gasteiger partial charge in [0, 0.05) is 30.0 Å². The predicted molar refractivity (Wildman–Crippen MR) is 214 cm³/mol. The summed E-state index contributed by atoms with van der Waals surface area (Å²) in [4.78, 5) is 65.5. The lowest BCUT2D eigenvalue weighted by atomic mass is 9.85. The van der Waals surface area contributed by atoms with Gasteiger partial charge in [0.05, 0.1) is 24.9 Å². The van der Waals surface area contributed by atoms with Crippen LogP contribution in [0.4, 0.5) is 9.93 Å². The van der Waals surface area contributed by atoms with Crippen molar-refractivity contribution < 1.29 is 38.5 Å². The number of nitrogens with one attached hydrogen (secondary N) is 3. The van der Waals surface area contributed by atoms with Crippen LogP contribution in [0.3, 0.4) is 0 Å². The van der Waals surface area contributed by atoms with Crippen molar-refractivity contribution in [3.8, 4) is 22.9 Å². The summed E-state index contributed by atoms with van der Waals surface area (Å²) in [5.41, 5.74) is -0.726. The Kier molecular flexibility index (Phi) is 12.0. The van der Waals surface area contributed by atoms with Gasteiger partial charge in [0.15, 0.2) is 5.13 Å². The third-order valence-corrected chi connectivity index (χ3v) is 12.2. The summed E-state index contributed by atoms with van der Waals surface area (Å²) in [6.45, 7) is 13.5. The van der Waals surface area contributed by atoms with E-state index in [0.717, 1.165) is 19.3 Å². The van der Waals surface area contributed by atoms with Crippen molar-refractivity contribution in [1.82, 2.24) is 25.5 Å². The first-order chi connectivity index (χ1) is 26.4. The number of amides is 3. The quantitative estimate of drug-likeness (QED) is 0.141. The summed E-state index contributed by atoms with van der Waals surface area (Å²) in [6, 6.07) is 5.09. The van der Waals surface area contributed by atoms with E-state index in [4.69, 9.17) is 35.8 Å². The normalized spacial score (nSPS) is 25.2. The molecule has 7 atom stereocenters. The van der Waals surface area contributed by atoms with Crippen molar-refractivity contribution in [3.63, 3.8) is 0 Å². The van der Waals surface area contributed by atoms with Crippen LogP contribution in [-0.4, -0.2) is 93.4 Å². The Labute approximate surface area is 336 Å². The van der Waals surface area contributed by atoms with E-state index < -0.39 is 53.0 Å². The summed E-state index contributed by atoms with van der Waals surface area (Å²) >= 11 is 8.00. The minimum atomic E-state index is -1.41. The highest BCUT2D eigenvalue weighted by molar-refractivity contribution is 7.20. The molecule has 3 fully saturated rings. The van der Waals surface area contributed by atoms with E-state index in [1.807, 2.05) is 47.6 Å². The van der Waals surface area contributed by atoms with E-state index >= 15 is 0 Å². The number of alkyl carbamates (subject to hydrolysis) is 1. The van der Waals surface area contributed by atoms with E-state index in [-0.39, 0.29) is 31.0 Å². The second-order valence-corrected chi connectivity index (χ2v) is 18.4. The second kappa shape index (κ2) is 16.2. The van der Waals surface area contributed by atoms with Crippen molar-refractivity contribution in [1.29, 1.82) is 0 Å². The summed E-state index contributed by atoms with van der Waals surface area (Å²) in [5, 5.41) is 20.3. The number of halogens is 1. The number of thiazole rings is 1. The van der Waals surface area contributed by atoms with E-state index in [0.29, 0.717) is 62.0 Å². The average molecular weight is 813 g/mol. The highest BCUT2D eigenvalue weighted by atomic mass is 35.5. The molecule has 0 radical (unpaired) electrons. The molecule has 14 nitrogen and oxygen atoms in total. The number of ether oxygens (including phenoxy) is 3. The molecule has 2 aliphatic carbocycles. The van der Waals surface area contributed by atoms with Gasteiger partial charge in [-0.25, -0.2) is 19.6 Å². The number of benzene rings is 1. The van der Waals surface area contributed by atoms with Gasteiger partial charge >= 0.3 is 12.1 Å². The van der Waals surface area contributed by atoms with Crippen LogP contribution in [0.15, 0.2) is 24.3 Å². The third kappa shape index (κ3) is 8.78. The van der Waals surface area contributed by atoms with E-state index in [2.05, 4.69) is 22.9 Å². The molecule has 6 rings (SSSR count). The Bertz CT molecular complexity index is 1990. The molecule has 3 aliphatic rings. The number of hydrogen-bond acceptors (Lipinski definition) is 11. The van der Waals surface area contributed by atoms with Crippen LogP contribution in [0, 0.1) is 17.3 Å². The molecule has 1 aromatic carbocycles. The van der Waals surface area contributed by atoms with Gasteiger partial charge in [-0.2, -0.15) is 0 Å². The van der Waals surface area contributed by atoms with E-state index in [1.54, 1.807) is 25.3 Å². The molecule has 1 saturated heterocycles. The predicted octanol–water partition coefficient (Wildman–Crippen LogP) is 6.89. The summed E-state index contributed by atoms with van der Waals surface area (Å²) in [6.07, 6.45) is 1.74. The number of methoxy groups -OCH3 is 1. The first-order valence-electron chi connectivity index (χ1n) is 19.3. The van der Waals surface area contributed by atoms with Gasteiger partial charge in [-0.3, -0.25) is 9.59 Å². The molecule has 16 heteroatoms. The maximum Gasteiger partial charge on any atom is 0.408 e. The van der Waals surface area contributed by atoms with Crippen LogP contribution in [0.2, 0.25) is 4.34 Å². The van der Waals surface area contributed by atoms with Crippen LogP contribution in [0.25, 0.3) is 22.3 Å². The minimum absolute atomic E-state index is 0.0210. The van der Waals surface area contributed by atoms with Crippen molar-refractivity contribution in [2.75, 3.05) is 19.0 Å². The molecule has 2 saturated carbocycles. The van der Waals surface area contributed by atoms with Gasteiger partial charge in [0.25, 0.3) is 0 Å². The summed E-state index contributed by atoms with van der Waals surface area (Å²) in [5.74, 6) is -1.00. The summed E-state index contributed by atoms with van der Waals surface area (Å²) < 4.78 is 18.4. The zero-order valence-corrected chi connectivity index (χ0v) is 34.8. The Morgan fingerprint density at radius 3 is 2.46 bits per heavy atom. The number of carbonyl (C=O) groups is 4. The molecule has 3 amide bonds. The highest BCUT2D eigenvalue weighted by Gasteiger charge is 2.61. The fraction of sp³-hybridized carbons (Fsp3) is 0.600. The van der Waals surface area contributed by atoms with Crippen LogP contribution in [0.1, 0.15) is 87.0 Å². The Hall–Kier alpha value is -4.37. The lowest BCUT2D eigenvalue weighted by molar-refractivity contribution is -0.146. The molecule has 4 N–H and O–H groups in total. The molecule has 304 valence electrons. The van der Waals surface area contributed by atoms with Crippen molar-refractivity contribution >= 4 is 62.8 Å². The van der Waals surface area contributed by atoms with Gasteiger partial charge in [0.2, 0.25) is 11.8 Å². The number of likely N-dealkylation sites (tertiary alicyclic amines) is 1. The number of rotatable bonds is 13. The van der Waals surface area contributed by atoms with Crippen LogP contribution < -0.4 is 25.4 Å². The molecule has 2 aromatic heterocycles. The number of anilines is 1. The Morgan fingerprint density at radius 1 is 1.11 bits per heavy atom. The maximum atomic E-state index is 14.7. The van der Waals surface area contributed by atoms with Gasteiger partial charge in [-0.15, -0.1) is 0 Å². The first kappa shape index (κ1) is 41.3. The Morgan fingerprint density at radius 2 is 1.86 bits per heavy atom. The topological polar surface area (TPSA) is 181 Å². The zero-order chi connectivity index (χ0) is 40.7. The fourth-order valence-electron chi connectivity index (χ4n) is 7.82. The number of pyridine rings is 1. The Balaban J connectivity index is 1.33. The van der Waals surface area contributed by atoms with Crippen molar-refractivity contribution in [2.24, 2.45) is 17.3 Å². The molecule has 3 heterocycles. The number of aliphatic carboxylic acids is 1. The minimum Gasteiger partial charge on any atom is -0.497 e. The molecular formula is C40H53ClN6O8S. The first-order valence-corrected chi connectivity index (χ1v) is 20.5. The number of carbonyl (C=O) groups excluding carboxylic acids is 3. The number of hydrogen-bond donors (Lipinski definition) is 4. The molecular weight excluding hydrogens is 760 g/mol.